The summed E-state index contributed by atoms with van der Waals surface area (Å²) in [5, 5.41) is 2.99. The minimum atomic E-state index is -3.61. The molecule has 5 nitrogen and oxygen atoms in total. The molecule has 0 unspecified atom stereocenters. The van der Waals surface area contributed by atoms with Crippen LogP contribution in [0.5, 0.6) is 0 Å². The summed E-state index contributed by atoms with van der Waals surface area (Å²) < 4.78 is 42.8. The quantitative estimate of drug-likeness (QED) is 0.432. The Hall–Kier alpha value is -1.77. The zero-order valence-electron chi connectivity index (χ0n) is 18.2. The molecule has 1 amide bonds. The summed E-state index contributed by atoms with van der Waals surface area (Å²) >= 11 is 3.45. The van der Waals surface area contributed by atoms with E-state index in [1.807, 2.05) is 26.0 Å². The molecule has 2 atom stereocenters. The van der Waals surface area contributed by atoms with Gasteiger partial charge in [0.1, 0.15) is 5.82 Å². The van der Waals surface area contributed by atoms with Crippen LogP contribution in [0.3, 0.4) is 0 Å². The number of anilines is 1. The van der Waals surface area contributed by atoms with Crippen LogP contribution in [-0.2, 0) is 25.5 Å². The molecule has 0 aromatic heterocycles. The first-order chi connectivity index (χ1) is 14.5. The third-order valence-electron chi connectivity index (χ3n) is 5.18. The highest BCUT2D eigenvalue weighted by atomic mass is 79.9. The van der Waals surface area contributed by atoms with Gasteiger partial charge < -0.3 is 5.32 Å². The van der Waals surface area contributed by atoms with Crippen LogP contribution in [-0.4, -0.2) is 27.2 Å². The zero-order valence-corrected chi connectivity index (χ0v) is 20.6. The molecule has 2 rings (SSSR count). The van der Waals surface area contributed by atoms with E-state index in [-0.39, 0.29) is 30.2 Å². The Labute approximate surface area is 192 Å². The van der Waals surface area contributed by atoms with E-state index in [0.717, 1.165) is 27.5 Å². The summed E-state index contributed by atoms with van der Waals surface area (Å²) in [5.74, 6) is -1.04. The second-order valence-electron chi connectivity index (χ2n) is 8.03. The van der Waals surface area contributed by atoms with E-state index in [4.69, 9.17) is 4.18 Å². The van der Waals surface area contributed by atoms with E-state index in [1.165, 1.54) is 6.07 Å². The first-order valence-electron chi connectivity index (χ1n) is 10.1. The average molecular weight is 514 g/mol. The van der Waals surface area contributed by atoms with Crippen LogP contribution in [0, 0.1) is 31.5 Å². The van der Waals surface area contributed by atoms with Gasteiger partial charge in [-0.2, -0.15) is 8.42 Å². The van der Waals surface area contributed by atoms with Gasteiger partial charge in [-0.1, -0.05) is 41.1 Å². The summed E-state index contributed by atoms with van der Waals surface area (Å²) in [6, 6.07) is 10.4. The molecule has 0 bridgehead atoms. The number of aryl methyl sites for hydroxylation is 3. The molecule has 8 heteroatoms. The van der Waals surface area contributed by atoms with Crippen molar-refractivity contribution in [3.05, 3.63) is 63.4 Å². The lowest BCUT2D eigenvalue weighted by Crippen LogP contribution is -2.26. The molecule has 170 valence electrons. The highest BCUT2D eigenvalue weighted by Crippen LogP contribution is 2.27. The second kappa shape index (κ2) is 11.2. The standard InChI is InChI=1S/C23H29BrFNO4S/c1-15-12-20(24)13-16(2)22(15)26-23(27)17(3)11-18(14-30-31(4,28)29)9-10-19-7-5-6-8-21(19)25/h5-8,12-13,17-18H,9-11,14H2,1-4H3,(H,26,27)/t17-,18-/m1/s1. The maximum Gasteiger partial charge on any atom is 0.264 e. The molecule has 2 aromatic rings. The molecule has 1 N–H and O–H groups in total. The number of hydrogen-bond donors (Lipinski definition) is 1. The Morgan fingerprint density at radius 3 is 2.39 bits per heavy atom. The maximum absolute atomic E-state index is 14.0. The van der Waals surface area contributed by atoms with Gasteiger partial charge in [0, 0.05) is 16.1 Å². The predicted octanol–water partition coefficient (Wildman–Crippen LogP) is 5.39. The summed E-state index contributed by atoms with van der Waals surface area (Å²) in [4.78, 5) is 12.8. The minimum Gasteiger partial charge on any atom is -0.325 e. The molecule has 0 heterocycles. The van der Waals surface area contributed by atoms with Crippen molar-refractivity contribution in [2.24, 2.45) is 11.8 Å². The minimum absolute atomic E-state index is 0.0404. The number of nitrogens with one attached hydrogen (secondary N) is 1. The summed E-state index contributed by atoms with van der Waals surface area (Å²) in [5.41, 5.74) is 3.23. The molecule has 31 heavy (non-hydrogen) atoms. The van der Waals surface area contributed by atoms with E-state index >= 15 is 0 Å². The van der Waals surface area contributed by atoms with Gasteiger partial charge >= 0.3 is 0 Å². The second-order valence-corrected chi connectivity index (χ2v) is 10.6. The summed E-state index contributed by atoms with van der Waals surface area (Å²) in [7, 11) is -3.61. The summed E-state index contributed by atoms with van der Waals surface area (Å²) in [6.07, 6.45) is 2.36. The molecule has 0 fully saturated rings. The molecule has 0 aliphatic rings. The number of rotatable bonds is 10. The van der Waals surface area contributed by atoms with Gasteiger partial charge in [-0.15, -0.1) is 0 Å². The van der Waals surface area contributed by atoms with Crippen molar-refractivity contribution < 1.29 is 21.8 Å². The zero-order chi connectivity index (χ0) is 23.2. The highest BCUT2D eigenvalue weighted by molar-refractivity contribution is 9.10. The van der Waals surface area contributed by atoms with Crippen LogP contribution in [0.1, 0.15) is 36.5 Å². The summed E-state index contributed by atoms with van der Waals surface area (Å²) in [6.45, 7) is 5.61. The van der Waals surface area contributed by atoms with Gasteiger partial charge in [0.15, 0.2) is 0 Å². The fourth-order valence-electron chi connectivity index (χ4n) is 3.51. The number of carbonyl (C=O) groups is 1. The van der Waals surface area contributed by atoms with Crippen molar-refractivity contribution in [1.82, 2.24) is 0 Å². The average Bonchev–Trinajstić information content (AvgIpc) is 2.66. The Morgan fingerprint density at radius 1 is 1.19 bits per heavy atom. The molecular formula is C23H29BrFNO4S. The van der Waals surface area contributed by atoms with Crippen LogP contribution in [0.15, 0.2) is 40.9 Å². The molecule has 0 saturated carbocycles. The molecule has 0 saturated heterocycles. The predicted molar refractivity (Wildman–Crippen MR) is 125 cm³/mol. The monoisotopic (exact) mass is 513 g/mol. The van der Waals surface area contributed by atoms with Crippen molar-refractivity contribution in [3.8, 4) is 0 Å². The topological polar surface area (TPSA) is 72.5 Å². The van der Waals surface area contributed by atoms with Gasteiger partial charge in [-0.25, -0.2) is 4.39 Å². The van der Waals surface area contributed by atoms with Crippen molar-refractivity contribution in [3.63, 3.8) is 0 Å². The van der Waals surface area contributed by atoms with Crippen LogP contribution < -0.4 is 5.32 Å². The largest absolute Gasteiger partial charge is 0.325 e. The Balaban J connectivity index is 2.07. The van der Waals surface area contributed by atoms with Crippen molar-refractivity contribution in [2.45, 2.75) is 40.0 Å². The normalized spacial score (nSPS) is 13.6. The Bertz CT molecular complexity index is 1000. The van der Waals surface area contributed by atoms with Gasteiger partial charge in [0.25, 0.3) is 10.1 Å². The fraction of sp³-hybridized carbons (Fsp3) is 0.435. The Morgan fingerprint density at radius 2 is 1.81 bits per heavy atom. The lowest BCUT2D eigenvalue weighted by atomic mass is 9.90. The van der Waals surface area contributed by atoms with Gasteiger partial charge in [0.05, 0.1) is 12.9 Å². The smallest absolute Gasteiger partial charge is 0.264 e. The first-order valence-corrected chi connectivity index (χ1v) is 12.7. The lowest BCUT2D eigenvalue weighted by Gasteiger charge is -2.21. The van der Waals surface area contributed by atoms with E-state index in [2.05, 4.69) is 21.2 Å². The van der Waals surface area contributed by atoms with Gasteiger partial charge in [-0.05, 0) is 73.9 Å². The van der Waals surface area contributed by atoms with Crippen LogP contribution >= 0.6 is 15.9 Å². The van der Waals surface area contributed by atoms with Crippen LogP contribution in [0.4, 0.5) is 10.1 Å². The SMILES string of the molecule is Cc1cc(Br)cc(C)c1NC(=O)[C@H](C)C[C@@H](CCc1ccccc1F)COS(C)(=O)=O. The van der Waals surface area contributed by atoms with E-state index in [0.29, 0.717) is 24.8 Å². The maximum atomic E-state index is 14.0. The first kappa shape index (κ1) is 25.5. The van der Waals surface area contributed by atoms with Gasteiger partial charge in [-0.3, -0.25) is 8.98 Å². The van der Waals surface area contributed by atoms with Crippen molar-refractivity contribution in [1.29, 1.82) is 0 Å². The number of amides is 1. The molecule has 0 aliphatic carbocycles. The number of halogens is 2. The highest BCUT2D eigenvalue weighted by Gasteiger charge is 2.22. The molecule has 2 aromatic carbocycles. The van der Waals surface area contributed by atoms with Crippen molar-refractivity contribution >= 4 is 37.6 Å². The van der Waals surface area contributed by atoms with E-state index < -0.39 is 10.1 Å². The number of carbonyl (C=O) groups excluding carboxylic acids is 1. The third kappa shape index (κ3) is 8.35. The van der Waals surface area contributed by atoms with E-state index in [9.17, 15) is 17.6 Å². The lowest BCUT2D eigenvalue weighted by molar-refractivity contribution is -0.120. The van der Waals surface area contributed by atoms with Gasteiger partial charge in [0.2, 0.25) is 5.91 Å². The molecule has 0 radical (unpaired) electrons. The third-order valence-corrected chi connectivity index (χ3v) is 6.20. The molecule has 0 aliphatic heterocycles. The number of hydrogen-bond acceptors (Lipinski definition) is 4. The van der Waals surface area contributed by atoms with Crippen LogP contribution in [0.2, 0.25) is 0 Å². The van der Waals surface area contributed by atoms with Crippen LogP contribution in [0.25, 0.3) is 0 Å². The number of benzene rings is 2. The Kier molecular flexibility index (Phi) is 9.21. The molecular weight excluding hydrogens is 485 g/mol. The van der Waals surface area contributed by atoms with E-state index in [1.54, 1.807) is 25.1 Å². The van der Waals surface area contributed by atoms with Crippen molar-refractivity contribution in [2.75, 3.05) is 18.2 Å². The molecule has 0 spiro atoms. The fourth-order valence-corrected chi connectivity index (χ4v) is 4.64.